The highest BCUT2D eigenvalue weighted by molar-refractivity contribution is 7.99. The van der Waals surface area contributed by atoms with Gasteiger partial charge in [0.05, 0.1) is 17.4 Å². The van der Waals surface area contributed by atoms with Gasteiger partial charge in [0.1, 0.15) is 5.00 Å². The van der Waals surface area contributed by atoms with Gasteiger partial charge in [-0.2, -0.15) is 0 Å². The minimum absolute atomic E-state index is 0.129. The van der Waals surface area contributed by atoms with Gasteiger partial charge in [-0.25, -0.2) is 4.79 Å². The van der Waals surface area contributed by atoms with Crippen molar-refractivity contribution in [2.75, 3.05) is 11.1 Å². The number of rotatable bonds is 10. The standard InChI is InChI=1S/C31H34N4O3S3/c1-6-15-35-28(23-16-39-20(5)26(23)21-13-11-19(4)12-14-21)33-34-31(35)40-17-25(36)32-29-27(30(37)38-18(2)3)22-9-7-8-10-24(22)41-29/h6,11-14,16,18H,1,7-10,15,17H2,2-5H3,(H,32,36). The number of benzene rings is 1. The zero-order chi connectivity index (χ0) is 29.1. The molecule has 41 heavy (non-hydrogen) atoms. The molecular formula is C31H34N4O3S3. The first-order chi connectivity index (χ1) is 19.8. The zero-order valence-electron chi connectivity index (χ0n) is 23.8. The SMILES string of the molecule is C=CCn1c(SCC(=O)Nc2sc3c(c2C(=O)OC(C)C)CCCC3)nnc1-c1csc(C)c1-c1ccc(C)cc1. The molecule has 1 aliphatic carbocycles. The predicted octanol–water partition coefficient (Wildman–Crippen LogP) is 7.71. The second-order valence-electron chi connectivity index (χ2n) is 10.4. The van der Waals surface area contributed by atoms with Crippen molar-refractivity contribution >= 4 is 51.3 Å². The zero-order valence-corrected chi connectivity index (χ0v) is 26.2. The quantitative estimate of drug-likeness (QED) is 0.113. The minimum Gasteiger partial charge on any atom is -0.459 e. The van der Waals surface area contributed by atoms with Gasteiger partial charge in [-0.05, 0) is 64.5 Å². The highest BCUT2D eigenvalue weighted by atomic mass is 32.2. The van der Waals surface area contributed by atoms with Gasteiger partial charge in [-0.15, -0.1) is 39.4 Å². The van der Waals surface area contributed by atoms with Gasteiger partial charge in [0.25, 0.3) is 0 Å². The molecule has 0 radical (unpaired) electrons. The molecule has 0 spiro atoms. The number of carbonyl (C=O) groups excluding carboxylic acids is 2. The van der Waals surface area contributed by atoms with Crippen LogP contribution in [0.1, 0.15) is 57.9 Å². The Hall–Kier alpha value is -3.21. The normalized spacial score (nSPS) is 12.8. The van der Waals surface area contributed by atoms with Crippen LogP contribution in [-0.4, -0.2) is 38.5 Å². The molecule has 1 aliphatic rings. The van der Waals surface area contributed by atoms with Gasteiger partial charge in [-0.1, -0.05) is 47.7 Å². The van der Waals surface area contributed by atoms with E-state index in [1.54, 1.807) is 11.3 Å². The summed E-state index contributed by atoms with van der Waals surface area (Å²) in [6.07, 6.45) is 5.46. The number of nitrogens with one attached hydrogen (secondary N) is 1. The summed E-state index contributed by atoms with van der Waals surface area (Å²) in [7, 11) is 0. The van der Waals surface area contributed by atoms with Crippen molar-refractivity contribution in [3.8, 4) is 22.5 Å². The minimum atomic E-state index is -0.367. The molecule has 0 atom stereocenters. The monoisotopic (exact) mass is 606 g/mol. The van der Waals surface area contributed by atoms with Crippen molar-refractivity contribution in [2.24, 2.45) is 0 Å². The summed E-state index contributed by atoms with van der Waals surface area (Å²) in [5.74, 6) is 0.309. The Balaban J connectivity index is 1.37. The molecule has 214 valence electrons. The number of aryl methyl sites for hydroxylation is 3. The molecule has 1 N–H and O–H groups in total. The maximum absolute atomic E-state index is 13.2. The predicted molar refractivity (Wildman–Crippen MR) is 169 cm³/mol. The first kappa shape index (κ1) is 29.3. The molecule has 0 saturated carbocycles. The lowest BCUT2D eigenvalue weighted by Gasteiger charge is -2.14. The van der Waals surface area contributed by atoms with Crippen molar-refractivity contribution in [1.82, 2.24) is 14.8 Å². The Kier molecular flexibility index (Phi) is 9.11. The van der Waals surface area contributed by atoms with E-state index < -0.39 is 0 Å². The molecule has 0 unspecified atom stereocenters. The summed E-state index contributed by atoms with van der Waals surface area (Å²) in [6, 6.07) is 8.50. The van der Waals surface area contributed by atoms with Gasteiger partial charge in [0, 0.05) is 32.8 Å². The fraction of sp³-hybridized carbons (Fsp3) is 0.355. The number of anilines is 1. The summed E-state index contributed by atoms with van der Waals surface area (Å²) >= 11 is 4.50. The number of amides is 1. The molecule has 0 aliphatic heterocycles. The summed E-state index contributed by atoms with van der Waals surface area (Å²) in [5.41, 5.74) is 6.05. The molecule has 3 aromatic heterocycles. The largest absolute Gasteiger partial charge is 0.459 e. The van der Waals surface area contributed by atoms with Crippen molar-refractivity contribution in [2.45, 2.75) is 71.2 Å². The lowest BCUT2D eigenvalue weighted by Crippen LogP contribution is -2.19. The average Bonchev–Trinajstić information content (AvgIpc) is 3.62. The smallest absolute Gasteiger partial charge is 0.341 e. The highest BCUT2D eigenvalue weighted by Crippen LogP contribution is 2.40. The van der Waals surface area contributed by atoms with E-state index in [9.17, 15) is 9.59 Å². The molecule has 10 heteroatoms. The second kappa shape index (κ2) is 12.8. The van der Waals surface area contributed by atoms with Crippen molar-refractivity contribution in [3.63, 3.8) is 0 Å². The third kappa shape index (κ3) is 6.34. The van der Waals surface area contributed by atoms with Crippen molar-refractivity contribution in [1.29, 1.82) is 0 Å². The molecule has 0 fully saturated rings. The molecule has 3 heterocycles. The fourth-order valence-electron chi connectivity index (χ4n) is 5.02. The number of esters is 1. The van der Waals surface area contributed by atoms with Crippen LogP contribution in [0.2, 0.25) is 0 Å². The molecular weight excluding hydrogens is 573 g/mol. The van der Waals surface area contributed by atoms with E-state index in [4.69, 9.17) is 4.74 Å². The van der Waals surface area contributed by atoms with Crippen LogP contribution in [0.25, 0.3) is 22.5 Å². The van der Waals surface area contributed by atoms with Crippen LogP contribution >= 0.6 is 34.4 Å². The van der Waals surface area contributed by atoms with E-state index in [0.717, 1.165) is 53.8 Å². The Labute approximate surface area is 253 Å². The van der Waals surface area contributed by atoms with Crippen LogP contribution in [0.4, 0.5) is 5.00 Å². The molecule has 1 amide bonds. The van der Waals surface area contributed by atoms with Crippen molar-refractivity contribution < 1.29 is 14.3 Å². The highest BCUT2D eigenvalue weighted by Gasteiger charge is 2.28. The van der Waals surface area contributed by atoms with Gasteiger partial charge >= 0.3 is 5.97 Å². The van der Waals surface area contributed by atoms with Crippen LogP contribution in [0.15, 0.2) is 47.5 Å². The molecule has 5 rings (SSSR count). The number of thiophene rings is 2. The van der Waals surface area contributed by atoms with E-state index in [2.05, 4.69) is 65.6 Å². The third-order valence-electron chi connectivity index (χ3n) is 6.89. The Morgan fingerprint density at radius 1 is 1.17 bits per heavy atom. The second-order valence-corrected chi connectivity index (χ2v) is 13.5. The van der Waals surface area contributed by atoms with Gasteiger partial charge in [0.2, 0.25) is 5.91 Å². The fourth-order valence-corrected chi connectivity index (χ4v) is 7.93. The average molecular weight is 607 g/mol. The topological polar surface area (TPSA) is 86.1 Å². The Morgan fingerprint density at radius 2 is 1.93 bits per heavy atom. The van der Waals surface area contributed by atoms with Crippen LogP contribution in [0.3, 0.4) is 0 Å². The first-order valence-electron chi connectivity index (χ1n) is 13.7. The number of carbonyl (C=O) groups is 2. The first-order valence-corrected chi connectivity index (χ1v) is 16.4. The van der Waals surface area contributed by atoms with E-state index in [1.165, 1.54) is 38.4 Å². The van der Waals surface area contributed by atoms with Crippen LogP contribution in [0, 0.1) is 13.8 Å². The lowest BCUT2D eigenvalue weighted by molar-refractivity contribution is -0.113. The lowest BCUT2D eigenvalue weighted by atomic mass is 9.95. The molecule has 1 aromatic carbocycles. The van der Waals surface area contributed by atoms with Crippen molar-refractivity contribution in [3.05, 3.63) is 68.7 Å². The summed E-state index contributed by atoms with van der Waals surface area (Å²) in [5, 5.41) is 15.4. The number of nitrogens with zero attached hydrogens (tertiary/aromatic N) is 3. The maximum atomic E-state index is 13.2. The number of hydrogen-bond donors (Lipinski definition) is 1. The molecule has 4 aromatic rings. The molecule has 0 saturated heterocycles. The number of ether oxygens (including phenoxy) is 1. The van der Waals surface area contributed by atoms with Gasteiger partial charge < -0.3 is 10.1 Å². The van der Waals surface area contributed by atoms with Gasteiger partial charge in [-0.3, -0.25) is 9.36 Å². The Morgan fingerprint density at radius 3 is 2.66 bits per heavy atom. The molecule has 7 nitrogen and oxygen atoms in total. The Bertz CT molecular complexity index is 1580. The summed E-state index contributed by atoms with van der Waals surface area (Å²) < 4.78 is 7.53. The van der Waals surface area contributed by atoms with E-state index in [-0.39, 0.29) is 23.7 Å². The number of aromatic nitrogens is 3. The van der Waals surface area contributed by atoms with E-state index >= 15 is 0 Å². The number of thioether (sulfide) groups is 1. The summed E-state index contributed by atoms with van der Waals surface area (Å²) in [4.78, 5) is 28.5. The maximum Gasteiger partial charge on any atom is 0.341 e. The molecule has 0 bridgehead atoms. The third-order valence-corrected chi connectivity index (χ3v) is 9.97. The van der Waals surface area contributed by atoms with Crippen LogP contribution < -0.4 is 5.32 Å². The number of fused-ring (bicyclic) bond motifs is 1. The van der Waals surface area contributed by atoms with E-state index in [0.29, 0.717) is 22.3 Å². The van der Waals surface area contributed by atoms with Gasteiger partial charge in [0.15, 0.2) is 11.0 Å². The number of allylic oxidation sites excluding steroid dienone is 1. The van der Waals surface area contributed by atoms with Crippen LogP contribution in [0.5, 0.6) is 0 Å². The van der Waals surface area contributed by atoms with E-state index in [1.807, 2.05) is 24.5 Å². The summed E-state index contributed by atoms with van der Waals surface area (Å²) in [6.45, 7) is 12.3. The van der Waals surface area contributed by atoms with Crippen LogP contribution in [-0.2, 0) is 28.9 Å². The number of hydrogen-bond acceptors (Lipinski definition) is 8.